The maximum atomic E-state index is 13.5. The molecule has 3 N–H and O–H groups in total. The van der Waals surface area contributed by atoms with Crippen molar-refractivity contribution < 1.29 is 14.0 Å². The molecule has 1 unspecified atom stereocenters. The van der Waals surface area contributed by atoms with E-state index in [0.717, 1.165) is 15.7 Å². The number of nitrogens with zero attached hydrogens (tertiary/aromatic N) is 4. The first-order chi connectivity index (χ1) is 18.6. The number of aromatic nitrogens is 2. The zero-order chi connectivity index (χ0) is 27.9. The summed E-state index contributed by atoms with van der Waals surface area (Å²) in [5, 5.41) is 22.1. The van der Waals surface area contributed by atoms with Gasteiger partial charge in [-0.3, -0.25) is 14.5 Å². The highest BCUT2D eigenvalue weighted by Crippen LogP contribution is 2.50. The molecule has 0 bridgehead atoms. The molecule has 0 saturated heterocycles. The van der Waals surface area contributed by atoms with E-state index in [1.165, 1.54) is 29.4 Å². The first kappa shape index (κ1) is 27.2. The number of amides is 1. The molecule has 1 aliphatic carbocycles. The van der Waals surface area contributed by atoms with Crippen LogP contribution in [0.2, 0.25) is 0 Å². The van der Waals surface area contributed by atoms with Crippen molar-refractivity contribution in [3.8, 4) is 6.07 Å². The maximum Gasteiger partial charge on any atom is 0.234 e. The zero-order valence-electron chi connectivity index (χ0n) is 21.4. The average Bonchev–Trinajstić information content (AvgIpc) is 3.56. The molecule has 2 aromatic heterocycles. The van der Waals surface area contributed by atoms with Crippen LogP contribution >= 0.6 is 39.0 Å². The zero-order valence-corrected chi connectivity index (χ0v) is 24.7. The molecule has 2 aliphatic rings. The van der Waals surface area contributed by atoms with E-state index in [0.29, 0.717) is 39.3 Å². The minimum atomic E-state index is -0.674. The van der Waals surface area contributed by atoms with E-state index in [1.54, 1.807) is 17.0 Å². The quantitative estimate of drug-likeness (QED) is 0.322. The first-order valence-electron chi connectivity index (χ1n) is 12.1. The van der Waals surface area contributed by atoms with Crippen LogP contribution in [0.4, 0.5) is 10.8 Å². The SMILES string of the molecule is Cc1cc(Br)ccc1NC(=O)CSc1nnc(N2C(N)=C(C#N)C(c3ccco3)C3=C2CC(C)(C)CC3=O)s1. The number of benzene rings is 1. The van der Waals surface area contributed by atoms with Crippen LogP contribution in [0.5, 0.6) is 0 Å². The number of aryl methyl sites for hydroxylation is 1. The molecule has 0 spiro atoms. The van der Waals surface area contributed by atoms with Gasteiger partial charge in [0.25, 0.3) is 0 Å². The molecule has 0 radical (unpaired) electrons. The van der Waals surface area contributed by atoms with Crippen LogP contribution in [0.3, 0.4) is 0 Å². The van der Waals surface area contributed by atoms with E-state index < -0.39 is 5.92 Å². The van der Waals surface area contributed by atoms with Gasteiger partial charge >= 0.3 is 0 Å². The normalized spacial score (nSPS) is 18.7. The summed E-state index contributed by atoms with van der Waals surface area (Å²) in [5.74, 6) is -0.0649. The largest absolute Gasteiger partial charge is 0.468 e. The molecular weight excluding hydrogens is 600 g/mol. The third kappa shape index (κ3) is 5.39. The van der Waals surface area contributed by atoms with E-state index in [4.69, 9.17) is 10.2 Å². The van der Waals surface area contributed by atoms with Crippen molar-refractivity contribution in [2.45, 2.75) is 43.9 Å². The number of nitrogens with one attached hydrogen (secondary N) is 1. The second-order valence-electron chi connectivity index (χ2n) is 10.1. The summed E-state index contributed by atoms with van der Waals surface area (Å²) >= 11 is 5.93. The van der Waals surface area contributed by atoms with Crippen LogP contribution in [0.25, 0.3) is 0 Å². The van der Waals surface area contributed by atoms with Gasteiger partial charge in [-0.05, 0) is 54.7 Å². The van der Waals surface area contributed by atoms with E-state index in [-0.39, 0.29) is 34.3 Å². The fraction of sp³-hybridized carbons (Fsp3) is 0.296. The smallest absolute Gasteiger partial charge is 0.234 e. The fourth-order valence-corrected chi connectivity index (χ4v) is 7.06. The number of nitriles is 1. The Hall–Kier alpha value is -3.40. The van der Waals surface area contributed by atoms with E-state index in [2.05, 4.69) is 37.5 Å². The fourth-order valence-electron chi connectivity index (χ4n) is 4.90. The van der Waals surface area contributed by atoms with Gasteiger partial charge in [0.05, 0.1) is 29.6 Å². The average molecular weight is 626 g/mol. The van der Waals surface area contributed by atoms with Crippen molar-refractivity contribution in [3.05, 3.63) is 75.1 Å². The van der Waals surface area contributed by atoms with Gasteiger partial charge in [0.2, 0.25) is 11.0 Å². The number of anilines is 2. The van der Waals surface area contributed by atoms with Crippen molar-refractivity contribution >= 4 is 61.5 Å². The molecule has 200 valence electrons. The van der Waals surface area contributed by atoms with Gasteiger partial charge in [-0.15, -0.1) is 10.2 Å². The molecule has 1 atom stereocenters. The number of hydrogen-bond donors (Lipinski definition) is 2. The van der Waals surface area contributed by atoms with Crippen LogP contribution in [0, 0.1) is 23.7 Å². The maximum absolute atomic E-state index is 13.5. The molecule has 9 nitrogen and oxygen atoms in total. The van der Waals surface area contributed by atoms with Gasteiger partial charge in [0.1, 0.15) is 11.6 Å². The summed E-state index contributed by atoms with van der Waals surface area (Å²) < 4.78 is 7.15. The summed E-state index contributed by atoms with van der Waals surface area (Å²) in [4.78, 5) is 27.8. The van der Waals surface area contributed by atoms with E-state index in [1.807, 2.05) is 39.0 Å². The summed E-state index contributed by atoms with van der Waals surface area (Å²) in [6.45, 7) is 5.98. The van der Waals surface area contributed by atoms with Crippen LogP contribution in [-0.2, 0) is 9.59 Å². The summed E-state index contributed by atoms with van der Waals surface area (Å²) in [6, 6.07) is 11.3. The Morgan fingerprint density at radius 3 is 2.85 bits per heavy atom. The molecule has 1 amide bonds. The Bertz CT molecular complexity index is 1570. The van der Waals surface area contributed by atoms with Crippen LogP contribution < -0.4 is 16.0 Å². The third-order valence-corrected chi connectivity index (χ3v) is 9.12. The molecule has 1 aromatic carbocycles. The lowest BCUT2D eigenvalue weighted by atomic mass is 9.69. The predicted octanol–water partition coefficient (Wildman–Crippen LogP) is 5.87. The van der Waals surface area contributed by atoms with Gasteiger partial charge in [0.15, 0.2) is 10.1 Å². The molecule has 1 aliphatic heterocycles. The van der Waals surface area contributed by atoms with Gasteiger partial charge in [-0.1, -0.05) is 52.9 Å². The minimum Gasteiger partial charge on any atom is -0.468 e. The molecule has 0 saturated carbocycles. The molecule has 39 heavy (non-hydrogen) atoms. The van der Waals surface area contributed by atoms with Gasteiger partial charge < -0.3 is 15.5 Å². The molecule has 3 heterocycles. The Morgan fingerprint density at radius 1 is 1.36 bits per heavy atom. The van der Waals surface area contributed by atoms with Crippen molar-refractivity contribution in [1.82, 2.24) is 10.2 Å². The first-order valence-corrected chi connectivity index (χ1v) is 14.7. The molecule has 5 rings (SSSR count). The van der Waals surface area contributed by atoms with Crippen molar-refractivity contribution in [3.63, 3.8) is 0 Å². The Labute approximate surface area is 242 Å². The highest BCUT2D eigenvalue weighted by atomic mass is 79.9. The summed E-state index contributed by atoms with van der Waals surface area (Å²) in [6.07, 6.45) is 2.42. The Balaban J connectivity index is 1.43. The van der Waals surface area contributed by atoms with Crippen molar-refractivity contribution in [2.24, 2.45) is 11.1 Å². The molecule has 12 heteroatoms. The van der Waals surface area contributed by atoms with Gasteiger partial charge in [-0.25, -0.2) is 0 Å². The van der Waals surface area contributed by atoms with Crippen molar-refractivity contribution in [1.29, 1.82) is 5.26 Å². The lowest BCUT2D eigenvalue weighted by molar-refractivity contribution is -0.118. The highest BCUT2D eigenvalue weighted by Gasteiger charge is 2.46. The number of rotatable bonds is 6. The molecule has 3 aromatic rings. The number of Topliss-reactive ketones (excluding diaryl/α,β-unsaturated/α-hetero) is 1. The van der Waals surface area contributed by atoms with Gasteiger partial charge in [0, 0.05) is 27.9 Å². The van der Waals surface area contributed by atoms with Crippen LogP contribution in [0.1, 0.15) is 43.9 Å². The van der Waals surface area contributed by atoms with Crippen LogP contribution in [-0.4, -0.2) is 27.6 Å². The number of carbonyl (C=O) groups is 2. The summed E-state index contributed by atoms with van der Waals surface area (Å²) in [5.41, 5.74) is 9.42. The minimum absolute atomic E-state index is 0.0491. The molecular formula is C27H25BrN6O3S2. The lowest BCUT2D eigenvalue weighted by Crippen LogP contribution is -2.42. The topological polar surface area (TPSA) is 138 Å². The Kier molecular flexibility index (Phi) is 7.41. The summed E-state index contributed by atoms with van der Waals surface area (Å²) in [7, 11) is 0. The number of allylic oxidation sites excluding steroid dienone is 3. The second kappa shape index (κ2) is 10.6. The number of nitrogens with two attached hydrogens (primary N) is 1. The van der Waals surface area contributed by atoms with Crippen molar-refractivity contribution in [2.75, 3.05) is 16.0 Å². The number of ketones is 1. The molecule has 0 fully saturated rings. The Morgan fingerprint density at radius 2 is 2.15 bits per heavy atom. The predicted molar refractivity (Wildman–Crippen MR) is 154 cm³/mol. The van der Waals surface area contributed by atoms with Gasteiger partial charge in [-0.2, -0.15) is 5.26 Å². The monoisotopic (exact) mass is 624 g/mol. The lowest BCUT2D eigenvalue weighted by Gasteiger charge is -2.42. The highest BCUT2D eigenvalue weighted by molar-refractivity contribution is 9.10. The third-order valence-electron chi connectivity index (χ3n) is 6.59. The van der Waals surface area contributed by atoms with E-state index in [9.17, 15) is 14.9 Å². The number of furan rings is 1. The number of hydrogen-bond acceptors (Lipinski definition) is 10. The second-order valence-corrected chi connectivity index (χ2v) is 13.2. The van der Waals surface area contributed by atoms with Crippen LogP contribution in [0.15, 0.2) is 72.5 Å². The van der Waals surface area contributed by atoms with E-state index >= 15 is 0 Å². The number of thioether (sulfide) groups is 1. The number of halogens is 1. The standard InChI is InChI=1S/C27H25BrN6O3S2/c1-14-9-15(28)6-7-17(14)31-21(36)13-38-26-33-32-25(39-26)34-18-10-27(2,3)11-19(35)23(18)22(16(12-29)24(34)30)20-5-4-8-37-20/h4-9,22H,10-11,13,30H2,1-3H3,(H,31,36). The number of carbonyl (C=O) groups excluding carboxylic acids is 2.